The van der Waals surface area contributed by atoms with Crippen LogP contribution in [0.5, 0.6) is 0 Å². The van der Waals surface area contributed by atoms with Crippen LogP contribution in [-0.4, -0.2) is 6.61 Å². The van der Waals surface area contributed by atoms with Crippen molar-refractivity contribution < 1.29 is 4.74 Å². The lowest BCUT2D eigenvalue weighted by atomic mass is 10.2. The Morgan fingerprint density at radius 2 is 1.83 bits per heavy atom. The molecule has 0 aliphatic carbocycles. The Morgan fingerprint density at radius 1 is 1.33 bits per heavy atom. The second-order valence-electron chi connectivity index (χ2n) is 2.70. The first-order valence-electron chi connectivity index (χ1n) is 4.15. The Morgan fingerprint density at radius 3 is 2.17 bits per heavy atom. The van der Waals surface area contributed by atoms with Gasteiger partial charge in [0, 0.05) is 0 Å². The van der Waals surface area contributed by atoms with Gasteiger partial charge in [-0.2, -0.15) is 0 Å². The molecule has 0 fully saturated rings. The molecule has 0 spiro atoms. The van der Waals surface area contributed by atoms with E-state index in [4.69, 9.17) is 4.74 Å². The largest absolute Gasteiger partial charge is 0.501 e. The lowest BCUT2D eigenvalue weighted by molar-refractivity contribution is 0.211. The maximum absolute atomic E-state index is 5.08. The molecule has 0 saturated carbocycles. The first kappa shape index (κ1) is 13.6. The third-order valence-electron chi connectivity index (χ3n) is 0.740. The van der Waals surface area contributed by atoms with E-state index in [1.54, 1.807) is 24.5 Å². The fourth-order valence-corrected chi connectivity index (χ4v) is 0.359. The first-order chi connectivity index (χ1) is 5.68. The fourth-order valence-electron chi connectivity index (χ4n) is 0.359. The van der Waals surface area contributed by atoms with Gasteiger partial charge in [-0.1, -0.05) is 32.6 Å². The highest BCUT2D eigenvalue weighted by Gasteiger charge is 1.87. The lowest BCUT2D eigenvalue weighted by Crippen LogP contribution is -1.95. The molecular formula is C11H20O. The summed E-state index contributed by atoms with van der Waals surface area (Å²) in [6, 6.07) is 0. The molecule has 0 amide bonds. The van der Waals surface area contributed by atoms with Crippen LogP contribution in [-0.2, 0) is 4.74 Å². The van der Waals surface area contributed by atoms with Gasteiger partial charge < -0.3 is 4.74 Å². The lowest BCUT2D eigenvalue weighted by Gasteiger charge is -2.01. The van der Waals surface area contributed by atoms with Crippen LogP contribution in [0.1, 0.15) is 20.8 Å². The maximum atomic E-state index is 5.08. The van der Waals surface area contributed by atoms with Gasteiger partial charge in [-0.15, -0.1) is 6.58 Å². The zero-order valence-corrected chi connectivity index (χ0v) is 8.42. The Labute approximate surface area is 76.4 Å². The fraction of sp³-hybridized carbons (Fsp3) is 0.455. The second-order valence-corrected chi connectivity index (χ2v) is 2.70. The first-order valence-corrected chi connectivity index (χ1v) is 4.15. The molecule has 0 bridgehead atoms. The smallest absolute Gasteiger partial charge is 0.0896 e. The van der Waals surface area contributed by atoms with Crippen LogP contribution in [0.25, 0.3) is 0 Å². The molecule has 12 heavy (non-hydrogen) atoms. The van der Waals surface area contributed by atoms with Crippen molar-refractivity contribution in [3.8, 4) is 0 Å². The summed E-state index contributed by atoms with van der Waals surface area (Å²) in [7, 11) is 0. The minimum absolute atomic E-state index is 0.597. The normalized spacial score (nSPS) is 9.00. The quantitative estimate of drug-likeness (QED) is 0.354. The molecule has 0 heterocycles. The molecule has 0 aromatic rings. The summed E-state index contributed by atoms with van der Waals surface area (Å²) < 4.78 is 5.08. The van der Waals surface area contributed by atoms with Gasteiger partial charge in [-0.3, -0.25) is 0 Å². The molecule has 0 rings (SSSR count). The summed E-state index contributed by atoms with van der Waals surface area (Å²) in [5.41, 5.74) is 0. The summed E-state index contributed by atoms with van der Waals surface area (Å²) >= 11 is 0. The van der Waals surface area contributed by atoms with Gasteiger partial charge in [0.2, 0.25) is 0 Å². The molecule has 70 valence electrons. The van der Waals surface area contributed by atoms with E-state index >= 15 is 0 Å². The van der Waals surface area contributed by atoms with Crippen molar-refractivity contribution in [3.05, 3.63) is 37.6 Å². The molecule has 0 aromatic carbocycles. The van der Waals surface area contributed by atoms with Crippen molar-refractivity contribution in [3.63, 3.8) is 0 Å². The van der Waals surface area contributed by atoms with Crippen molar-refractivity contribution in [2.45, 2.75) is 20.8 Å². The molecule has 0 unspecified atom stereocenters. The highest BCUT2D eigenvalue weighted by molar-refractivity contribution is 4.92. The Kier molecular flexibility index (Phi) is 14.4. The van der Waals surface area contributed by atoms with Crippen LogP contribution >= 0.6 is 0 Å². The van der Waals surface area contributed by atoms with Crippen LogP contribution < -0.4 is 0 Å². The molecule has 0 N–H and O–H groups in total. The third kappa shape index (κ3) is 23.0. The van der Waals surface area contributed by atoms with Gasteiger partial charge in [-0.25, -0.2) is 0 Å². The molecule has 0 aliphatic rings. The van der Waals surface area contributed by atoms with Gasteiger partial charge in [-0.05, 0) is 18.9 Å². The summed E-state index contributed by atoms with van der Waals surface area (Å²) in [6.07, 6.45) is 6.88. The van der Waals surface area contributed by atoms with Gasteiger partial charge in [0.1, 0.15) is 0 Å². The van der Waals surface area contributed by atoms with Crippen LogP contribution in [0.2, 0.25) is 0 Å². The monoisotopic (exact) mass is 168 g/mol. The summed E-state index contributed by atoms with van der Waals surface area (Å²) in [4.78, 5) is 0. The predicted octanol–water partition coefficient (Wildman–Crippen LogP) is 3.55. The Hall–Kier alpha value is -0.980. The van der Waals surface area contributed by atoms with E-state index in [-0.39, 0.29) is 0 Å². The minimum Gasteiger partial charge on any atom is -0.501 e. The number of allylic oxidation sites excluding steroid dienone is 3. The summed E-state index contributed by atoms with van der Waals surface area (Å²) in [5.74, 6) is 0.597. The molecule has 1 heteroatoms. The third-order valence-corrected chi connectivity index (χ3v) is 0.740. The minimum atomic E-state index is 0.597. The number of ether oxygens (including phenoxy) is 1. The molecule has 1 nitrogen and oxygen atoms in total. The van der Waals surface area contributed by atoms with Crippen molar-refractivity contribution in [2.75, 3.05) is 6.61 Å². The topological polar surface area (TPSA) is 9.23 Å². The molecule has 0 atom stereocenters. The molecule has 0 radical (unpaired) electrons. The standard InChI is InChI=1S/C8H14O.C3H6/c1-4-5-6-9-7-8(2)3;1-3-2/h4-6,8H,1,7H2,2-3H3;3H,1H2,2H3/b6-5+;. The van der Waals surface area contributed by atoms with Crippen molar-refractivity contribution in [2.24, 2.45) is 5.92 Å². The van der Waals surface area contributed by atoms with Crippen molar-refractivity contribution in [1.82, 2.24) is 0 Å². The number of hydrogen-bond donors (Lipinski definition) is 0. The number of rotatable bonds is 4. The predicted molar refractivity (Wildman–Crippen MR) is 56.0 cm³/mol. The molecule has 0 aromatic heterocycles. The molecule has 0 aliphatic heterocycles. The van der Waals surface area contributed by atoms with E-state index in [1.807, 2.05) is 6.92 Å². The van der Waals surface area contributed by atoms with E-state index in [0.29, 0.717) is 5.92 Å². The van der Waals surface area contributed by atoms with Gasteiger partial charge in [0.15, 0.2) is 0 Å². The van der Waals surface area contributed by atoms with Crippen molar-refractivity contribution in [1.29, 1.82) is 0 Å². The van der Waals surface area contributed by atoms with Crippen LogP contribution in [0.3, 0.4) is 0 Å². The van der Waals surface area contributed by atoms with Crippen LogP contribution in [0, 0.1) is 5.92 Å². The summed E-state index contributed by atoms with van der Waals surface area (Å²) in [6.45, 7) is 13.8. The van der Waals surface area contributed by atoms with E-state index in [2.05, 4.69) is 27.0 Å². The Bertz CT molecular complexity index is 123. The average Bonchev–Trinajstić information content (AvgIpc) is 1.99. The zero-order valence-electron chi connectivity index (χ0n) is 8.42. The van der Waals surface area contributed by atoms with Gasteiger partial charge in [0.05, 0.1) is 12.9 Å². The van der Waals surface area contributed by atoms with E-state index in [0.717, 1.165) is 6.61 Å². The van der Waals surface area contributed by atoms with Crippen LogP contribution in [0.4, 0.5) is 0 Å². The number of hydrogen-bond acceptors (Lipinski definition) is 1. The molecular weight excluding hydrogens is 148 g/mol. The Balaban J connectivity index is 0. The van der Waals surface area contributed by atoms with Gasteiger partial charge >= 0.3 is 0 Å². The second kappa shape index (κ2) is 12.7. The van der Waals surface area contributed by atoms with Crippen LogP contribution in [0.15, 0.2) is 37.6 Å². The highest BCUT2D eigenvalue weighted by Crippen LogP contribution is 1.92. The van der Waals surface area contributed by atoms with E-state index in [9.17, 15) is 0 Å². The maximum Gasteiger partial charge on any atom is 0.0896 e. The van der Waals surface area contributed by atoms with Gasteiger partial charge in [0.25, 0.3) is 0 Å². The molecule has 0 saturated heterocycles. The van der Waals surface area contributed by atoms with Crippen molar-refractivity contribution >= 4 is 0 Å². The van der Waals surface area contributed by atoms with E-state index in [1.165, 1.54) is 0 Å². The highest BCUT2D eigenvalue weighted by atomic mass is 16.5. The average molecular weight is 168 g/mol. The van der Waals surface area contributed by atoms with E-state index < -0.39 is 0 Å². The SMILES string of the molecule is C=C/C=C/OCC(C)C.C=CC. The summed E-state index contributed by atoms with van der Waals surface area (Å²) in [5, 5.41) is 0. The zero-order chi connectivity index (χ0) is 9.82.